The van der Waals surface area contributed by atoms with Gasteiger partial charge >= 0.3 is 0 Å². The van der Waals surface area contributed by atoms with Gasteiger partial charge in [-0.3, -0.25) is 5.41 Å². The summed E-state index contributed by atoms with van der Waals surface area (Å²) in [5.74, 6) is 1.20. The molecule has 5 nitrogen and oxygen atoms in total. The van der Waals surface area contributed by atoms with Gasteiger partial charge in [0.2, 0.25) is 0 Å². The van der Waals surface area contributed by atoms with Crippen molar-refractivity contribution in [2.45, 2.75) is 13.8 Å². The molecular formula is C16H17N3O2S. The van der Waals surface area contributed by atoms with Crippen molar-refractivity contribution in [3.8, 4) is 5.75 Å². The summed E-state index contributed by atoms with van der Waals surface area (Å²) in [5.41, 5.74) is 2.23. The zero-order chi connectivity index (χ0) is 15.7. The molecule has 1 aromatic heterocycles. The van der Waals surface area contributed by atoms with Crippen LogP contribution in [0.15, 0.2) is 35.4 Å². The van der Waals surface area contributed by atoms with Crippen LogP contribution >= 0.6 is 11.3 Å². The molecule has 1 aliphatic heterocycles. The van der Waals surface area contributed by atoms with E-state index in [4.69, 9.17) is 10.1 Å². The van der Waals surface area contributed by atoms with Crippen LogP contribution in [-0.2, 0) is 0 Å². The molecule has 1 aromatic carbocycles. The minimum Gasteiger partial charge on any atom is -0.510 e. The lowest BCUT2D eigenvalue weighted by molar-refractivity contribution is 0.340. The smallest absolute Gasteiger partial charge is 0.139 e. The van der Waals surface area contributed by atoms with Crippen molar-refractivity contribution in [2.24, 2.45) is 0 Å². The van der Waals surface area contributed by atoms with Crippen molar-refractivity contribution in [1.82, 2.24) is 4.98 Å². The summed E-state index contributed by atoms with van der Waals surface area (Å²) in [6.45, 7) is 4.71. The number of amidine groups is 1. The van der Waals surface area contributed by atoms with Gasteiger partial charge < -0.3 is 14.7 Å². The van der Waals surface area contributed by atoms with Crippen LogP contribution in [0.3, 0.4) is 0 Å². The third kappa shape index (κ3) is 2.57. The van der Waals surface area contributed by atoms with Gasteiger partial charge in [0.05, 0.1) is 18.7 Å². The lowest BCUT2D eigenvalue weighted by Gasteiger charge is -2.19. The Bertz CT molecular complexity index is 751. The quantitative estimate of drug-likeness (QED) is 0.904. The Labute approximate surface area is 133 Å². The van der Waals surface area contributed by atoms with Crippen molar-refractivity contribution in [3.05, 3.63) is 46.1 Å². The number of rotatable bonds is 4. The fourth-order valence-corrected chi connectivity index (χ4v) is 3.27. The highest BCUT2D eigenvalue weighted by atomic mass is 32.1. The van der Waals surface area contributed by atoms with Gasteiger partial charge in [-0.15, -0.1) is 11.3 Å². The van der Waals surface area contributed by atoms with Gasteiger partial charge in [-0.1, -0.05) is 6.07 Å². The molecule has 0 saturated heterocycles. The Balaban J connectivity index is 1.90. The molecule has 0 bridgehead atoms. The summed E-state index contributed by atoms with van der Waals surface area (Å²) in [4.78, 5) is 6.13. The van der Waals surface area contributed by atoms with Gasteiger partial charge in [-0.2, -0.15) is 0 Å². The molecule has 0 amide bonds. The summed E-state index contributed by atoms with van der Waals surface area (Å²) in [5, 5.41) is 21.2. The van der Waals surface area contributed by atoms with Gasteiger partial charge in [0.25, 0.3) is 0 Å². The molecule has 0 spiro atoms. The standard InChI is InChI=1S/C16H17N3O2S/c1-3-21-12-6-4-5-11(7-12)19-8-13(20)14(15(19)17)16-18-10(2)9-22-16/h4-7,9,17,20H,3,8H2,1-2H3. The molecule has 2 aromatic rings. The number of ether oxygens (including phenoxy) is 1. The minimum atomic E-state index is 0.182. The first-order chi connectivity index (χ1) is 10.6. The van der Waals surface area contributed by atoms with E-state index in [-0.39, 0.29) is 18.1 Å². The highest BCUT2D eigenvalue weighted by molar-refractivity contribution is 7.11. The molecule has 1 aliphatic rings. The Morgan fingerprint density at radius 1 is 1.45 bits per heavy atom. The fourth-order valence-electron chi connectivity index (χ4n) is 2.40. The van der Waals surface area contributed by atoms with Crippen LogP contribution < -0.4 is 9.64 Å². The van der Waals surface area contributed by atoms with Gasteiger partial charge in [0.15, 0.2) is 0 Å². The van der Waals surface area contributed by atoms with Crippen LogP contribution in [0, 0.1) is 12.3 Å². The summed E-state index contributed by atoms with van der Waals surface area (Å²) < 4.78 is 5.50. The van der Waals surface area contributed by atoms with E-state index in [0.29, 0.717) is 17.2 Å². The van der Waals surface area contributed by atoms with Crippen molar-refractivity contribution >= 4 is 28.4 Å². The summed E-state index contributed by atoms with van der Waals surface area (Å²) >= 11 is 1.44. The highest BCUT2D eigenvalue weighted by Crippen LogP contribution is 2.33. The second-order valence-electron chi connectivity index (χ2n) is 4.98. The van der Waals surface area contributed by atoms with Crippen LogP contribution in [0.25, 0.3) is 5.57 Å². The molecular weight excluding hydrogens is 298 g/mol. The van der Waals surface area contributed by atoms with E-state index in [1.54, 1.807) is 4.90 Å². The second kappa shape index (κ2) is 5.81. The number of hydrogen-bond acceptors (Lipinski definition) is 5. The van der Waals surface area contributed by atoms with Crippen LogP contribution in [0.5, 0.6) is 5.75 Å². The number of aliphatic hydroxyl groups is 1. The maximum Gasteiger partial charge on any atom is 0.139 e. The monoisotopic (exact) mass is 315 g/mol. The summed E-state index contributed by atoms with van der Waals surface area (Å²) in [6.07, 6.45) is 0. The van der Waals surface area contributed by atoms with Crippen molar-refractivity contribution in [3.63, 3.8) is 0 Å². The van der Waals surface area contributed by atoms with E-state index in [1.807, 2.05) is 43.5 Å². The lowest BCUT2D eigenvalue weighted by atomic mass is 10.2. The molecule has 0 aliphatic carbocycles. The zero-order valence-corrected chi connectivity index (χ0v) is 13.3. The van der Waals surface area contributed by atoms with E-state index in [2.05, 4.69) is 4.98 Å². The average Bonchev–Trinajstić information content (AvgIpc) is 3.03. The fraction of sp³-hybridized carbons (Fsp3) is 0.250. The first-order valence-electron chi connectivity index (χ1n) is 7.04. The molecule has 0 unspecified atom stereocenters. The predicted molar refractivity (Wildman–Crippen MR) is 89.1 cm³/mol. The number of nitrogens with one attached hydrogen (secondary N) is 1. The Morgan fingerprint density at radius 3 is 2.95 bits per heavy atom. The maximum absolute atomic E-state index is 10.3. The lowest BCUT2D eigenvalue weighted by Crippen LogP contribution is -2.26. The molecule has 22 heavy (non-hydrogen) atoms. The van der Waals surface area contributed by atoms with Crippen LogP contribution in [-0.4, -0.2) is 29.1 Å². The molecule has 3 rings (SSSR count). The predicted octanol–water partition coefficient (Wildman–Crippen LogP) is 3.62. The van der Waals surface area contributed by atoms with Crippen molar-refractivity contribution in [2.75, 3.05) is 18.1 Å². The molecule has 2 heterocycles. The van der Waals surface area contributed by atoms with E-state index >= 15 is 0 Å². The molecule has 0 saturated carbocycles. The molecule has 2 N–H and O–H groups in total. The van der Waals surface area contributed by atoms with Gasteiger partial charge in [-0.25, -0.2) is 4.98 Å². The van der Waals surface area contributed by atoms with E-state index in [1.165, 1.54) is 11.3 Å². The Kier molecular flexibility index (Phi) is 3.85. The molecule has 0 radical (unpaired) electrons. The van der Waals surface area contributed by atoms with Gasteiger partial charge in [-0.05, 0) is 26.0 Å². The first-order valence-corrected chi connectivity index (χ1v) is 7.92. The van der Waals surface area contributed by atoms with Crippen molar-refractivity contribution < 1.29 is 9.84 Å². The number of thiazole rings is 1. The van der Waals surface area contributed by atoms with E-state index in [9.17, 15) is 5.11 Å². The summed E-state index contributed by atoms with van der Waals surface area (Å²) in [6, 6.07) is 7.54. The Morgan fingerprint density at radius 2 is 2.27 bits per heavy atom. The number of aromatic nitrogens is 1. The topological polar surface area (TPSA) is 69.4 Å². The van der Waals surface area contributed by atoms with E-state index < -0.39 is 0 Å². The SMILES string of the molecule is CCOc1cccc(N2CC(O)=C(c3nc(C)cs3)C2=N)c1. The van der Waals surface area contributed by atoms with Crippen molar-refractivity contribution in [1.29, 1.82) is 5.41 Å². The van der Waals surface area contributed by atoms with Gasteiger partial charge in [0, 0.05) is 22.8 Å². The zero-order valence-electron chi connectivity index (χ0n) is 12.5. The third-order valence-electron chi connectivity index (χ3n) is 3.38. The number of nitrogens with zero attached hydrogens (tertiary/aromatic N) is 2. The molecule has 0 atom stereocenters. The van der Waals surface area contributed by atoms with Crippen LogP contribution in [0.2, 0.25) is 0 Å². The molecule has 6 heteroatoms. The number of benzene rings is 1. The average molecular weight is 315 g/mol. The highest BCUT2D eigenvalue weighted by Gasteiger charge is 2.31. The third-order valence-corrected chi connectivity index (χ3v) is 4.35. The van der Waals surface area contributed by atoms with Crippen LogP contribution in [0.1, 0.15) is 17.6 Å². The number of aliphatic hydroxyl groups excluding tert-OH is 1. The largest absolute Gasteiger partial charge is 0.510 e. The second-order valence-corrected chi connectivity index (χ2v) is 5.84. The van der Waals surface area contributed by atoms with Crippen LogP contribution in [0.4, 0.5) is 5.69 Å². The number of aryl methyl sites for hydroxylation is 1. The first kappa shape index (κ1) is 14.6. The molecule has 114 valence electrons. The maximum atomic E-state index is 10.3. The molecule has 0 fully saturated rings. The number of anilines is 1. The van der Waals surface area contributed by atoms with Gasteiger partial charge in [0.1, 0.15) is 22.4 Å². The Hall–Kier alpha value is -2.34. The summed E-state index contributed by atoms with van der Waals surface area (Å²) in [7, 11) is 0. The number of hydrogen-bond donors (Lipinski definition) is 2. The normalized spacial score (nSPS) is 14.8. The minimum absolute atomic E-state index is 0.182. The van der Waals surface area contributed by atoms with E-state index in [0.717, 1.165) is 17.1 Å².